The molecule has 0 saturated carbocycles. The highest BCUT2D eigenvalue weighted by molar-refractivity contribution is 7.90. The fraction of sp³-hybridized carbons (Fsp3) is 0.227. The minimum atomic E-state index is -3.59. The first kappa shape index (κ1) is 21.1. The minimum Gasteiger partial charge on any atom is -0.455 e. The first-order valence-corrected chi connectivity index (χ1v) is 11.3. The summed E-state index contributed by atoms with van der Waals surface area (Å²) in [6, 6.07) is 18.9. The molecule has 0 unspecified atom stereocenters. The summed E-state index contributed by atoms with van der Waals surface area (Å²) in [7, 11) is -3.59. The molecule has 2 aromatic carbocycles. The first-order valence-electron chi connectivity index (χ1n) is 9.25. The number of carbonyl (C=O) groups excluding carboxylic acids is 1. The van der Waals surface area contributed by atoms with E-state index in [1.165, 1.54) is 42.0 Å². The van der Waals surface area contributed by atoms with Gasteiger partial charge in [0.15, 0.2) is 15.6 Å². The van der Waals surface area contributed by atoms with Gasteiger partial charge in [-0.05, 0) is 61.7 Å². The van der Waals surface area contributed by atoms with Crippen LogP contribution in [0.2, 0.25) is 5.02 Å². The van der Waals surface area contributed by atoms with Gasteiger partial charge in [-0.2, -0.15) is 0 Å². The fourth-order valence-electron chi connectivity index (χ4n) is 2.89. The number of aryl methyl sites for hydroxylation is 1. The molecule has 5 nitrogen and oxygen atoms in total. The molecule has 0 radical (unpaired) electrons. The van der Waals surface area contributed by atoms with E-state index in [-0.39, 0.29) is 34.1 Å². The second-order valence-electron chi connectivity index (χ2n) is 6.88. The van der Waals surface area contributed by atoms with Crippen LogP contribution in [-0.4, -0.2) is 20.4 Å². The van der Waals surface area contributed by atoms with Gasteiger partial charge in [-0.15, -0.1) is 0 Å². The van der Waals surface area contributed by atoms with Gasteiger partial charge in [0, 0.05) is 11.1 Å². The molecule has 0 aliphatic heterocycles. The summed E-state index contributed by atoms with van der Waals surface area (Å²) < 4.78 is 30.4. The summed E-state index contributed by atoms with van der Waals surface area (Å²) in [5, 5.41) is 3.34. The van der Waals surface area contributed by atoms with Crippen LogP contribution in [0.15, 0.2) is 76.0 Å². The lowest BCUT2D eigenvalue weighted by atomic mass is 10.1. The standard InChI is InChI=1S/C22H22ClNO4S/c1-16(7-8-17-5-3-2-4-6-17)24-22(25)21-14-11-19(28-21)15-29(26,27)20-12-9-18(23)10-13-20/h2-6,9-14,16H,7-8,15H2,1H3,(H,24,25)/t16-/m0/s1. The van der Waals surface area contributed by atoms with Crippen LogP contribution in [0.5, 0.6) is 0 Å². The number of furan rings is 1. The zero-order valence-corrected chi connectivity index (χ0v) is 17.5. The smallest absolute Gasteiger partial charge is 0.287 e. The van der Waals surface area contributed by atoms with Crippen LogP contribution in [-0.2, 0) is 22.0 Å². The van der Waals surface area contributed by atoms with Gasteiger partial charge in [-0.3, -0.25) is 4.79 Å². The Morgan fingerprint density at radius 3 is 2.41 bits per heavy atom. The van der Waals surface area contributed by atoms with Crippen molar-refractivity contribution >= 4 is 27.3 Å². The third-order valence-electron chi connectivity index (χ3n) is 4.48. The van der Waals surface area contributed by atoms with Crippen LogP contribution < -0.4 is 5.32 Å². The molecule has 0 spiro atoms. The normalized spacial score (nSPS) is 12.5. The third-order valence-corrected chi connectivity index (χ3v) is 6.38. The molecule has 152 valence electrons. The van der Waals surface area contributed by atoms with Crippen molar-refractivity contribution in [1.82, 2.24) is 5.32 Å². The van der Waals surface area contributed by atoms with Crippen molar-refractivity contribution in [3.63, 3.8) is 0 Å². The number of halogens is 1. The molecular weight excluding hydrogens is 410 g/mol. The minimum absolute atomic E-state index is 0.0472. The maximum atomic E-state index is 12.5. The van der Waals surface area contributed by atoms with Crippen LogP contribution in [0.3, 0.4) is 0 Å². The number of nitrogens with one attached hydrogen (secondary N) is 1. The van der Waals surface area contributed by atoms with Crippen LogP contribution >= 0.6 is 11.6 Å². The predicted octanol–water partition coefficient (Wildman–Crippen LogP) is 4.66. The zero-order valence-electron chi connectivity index (χ0n) is 16.0. The fourth-order valence-corrected chi connectivity index (χ4v) is 4.26. The summed E-state index contributed by atoms with van der Waals surface area (Å²) in [6.07, 6.45) is 1.64. The Bertz CT molecular complexity index is 1060. The van der Waals surface area contributed by atoms with E-state index in [1.807, 2.05) is 25.1 Å². The first-order chi connectivity index (χ1) is 13.8. The largest absolute Gasteiger partial charge is 0.455 e. The van der Waals surface area contributed by atoms with Gasteiger partial charge in [0.1, 0.15) is 11.5 Å². The molecule has 0 saturated heterocycles. The summed E-state index contributed by atoms with van der Waals surface area (Å²) in [5.74, 6) is -0.383. The molecule has 1 atom stereocenters. The average Bonchev–Trinajstić information content (AvgIpc) is 3.15. The van der Waals surface area contributed by atoms with E-state index in [0.717, 1.165) is 12.8 Å². The molecule has 29 heavy (non-hydrogen) atoms. The topological polar surface area (TPSA) is 76.4 Å². The SMILES string of the molecule is C[C@@H](CCc1ccccc1)NC(=O)c1ccc(CS(=O)(=O)c2ccc(Cl)cc2)o1. The number of hydrogen-bond donors (Lipinski definition) is 1. The van der Waals surface area contributed by atoms with Crippen molar-refractivity contribution in [2.24, 2.45) is 0 Å². The Kier molecular flexibility index (Phi) is 6.77. The molecule has 0 aliphatic carbocycles. The van der Waals surface area contributed by atoms with Gasteiger partial charge in [0.2, 0.25) is 0 Å². The van der Waals surface area contributed by atoms with Gasteiger partial charge < -0.3 is 9.73 Å². The molecule has 1 heterocycles. The second-order valence-corrected chi connectivity index (χ2v) is 9.30. The summed E-state index contributed by atoms with van der Waals surface area (Å²) in [6.45, 7) is 1.93. The average molecular weight is 432 g/mol. The van der Waals surface area contributed by atoms with E-state index in [9.17, 15) is 13.2 Å². The van der Waals surface area contributed by atoms with Crippen LogP contribution in [0.4, 0.5) is 0 Å². The highest BCUT2D eigenvalue weighted by Gasteiger charge is 2.20. The molecule has 0 fully saturated rings. The van der Waals surface area contributed by atoms with Gasteiger partial charge in [0.05, 0.1) is 4.90 Å². The number of sulfone groups is 1. The van der Waals surface area contributed by atoms with Crippen molar-refractivity contribution < 1.29 is 17.6 Å². The number of hydrogen-bond acceptors (Lipinski definition) is 4. The lowest BCUT2D eigenvalue weighted by Gasteiger charge is -2.12. The maximum Gasteiger partial charge on any atom is 0.287 e. The van der Waals surface area contributed by atoms with Gasteiger partial charge in [-0.1, -0.05) is 41.9 Å². The molecule has 0 aliphatic rings. The van der Waals surface area contributed by atoms with E-state index >= 15 is 0 Å². The Balaban J connectivity index is 1.57. The third kappa shape index (κ3) is 5.95. The number of benzene rings is 2. The maximum absolute atomic E-state index is 12.5. The van der Waals surface area contributed by atoms with Crippen LogP contribution in [0, 0.1) is 0 Å². The predicted molar refractivity (Wildman–Crippen MR) is 113 cm³/mol. The van der Waals surface area contributed by atoms with Crippen molar-refractivity contribution in [2.45, 2.75) is 36.5 Å². The van der Waals surface area contributed by atoms with E-state index in [1.54, 1.807) is 0 Å². The number of rotatable bonds is 8. The van der Waals surface area contributed by atoms with Gasteiger partial charge in [-0.25, -0.2) is 8.42 Å². The quantitative estimate of drug-likeness (QED) is 0.562. The Morgan fingerprint density at radius 1 is 1.03 bits per heavy atom. The summed E-state index contributed by atoms with van der Waals surface area (Å²) in [5.41, 5.74) is 1.21. The van der Waals surface area contributed by atoms with E-state index in [0.29, 0.717) is 5.02 Å². The molecule has 1 amide bonds. The highest BCUT2D eigenvalue weighted by atomic mass is 35.5. The van der Waals surface area contributed by atoms with Gasteiger partial charge in [0.25, 0.3) is 5.91 Å². The van der Waals surface area contributed by atoms with E-state index < -0.39 is 9.84 Å². The molecule has 3 rings (SSSR count). The Hall–Kier alpha value is -2.57. The molecule has 7 heteroatoms. The highest BCUT2D eigenvalue weighted by Crippen LogP contribution is 2.20. The number of carbonyl (C=O) groups is 1. The van der Waals surface area contributed by atoms with Crippen molar-refractivity contribution in [3.8, 4) is 0 Å². The van der Waals surface area contributed by atoms with Crippen molar-refractivity contribution in [3.05, 3.63) is 88.8 Å². The van der Waals surface area contributed by atoms with E-state index in [4.69, 9.17) is 16.0 Å². The van der Waals surface area contributed by atoms with Crippen molar-refractivity contribution in [2.75, 3.05) is 0 Å². The lowest BCUT2D eigenvalue weighted by molar-refractivity contribution is 0.0909. The van der Waals surface area contributed by atoms with E-state index in [2.05, 4.69) is 17.4 Å². The van der Waals surface area contributed by atoms with Gasteiger partial charge >= 0.3 is 0 Å². The Labute approximate surface area is 175 Å². The molecule has 1 N–H and O–H groups in total. The summed E-state index contributed by atoms with van der Waals surface area (Å²) >= 11 is 5.80. The molecule has 1 aromatic heterocycles. The second kappa shape index (κ2) is 9.29. The number of amides is 1. The molecule has 3 aromatic rings. The summed E-state index contributed by atoms with van der Waals surface area (Å²) in [4.78, 5) is 12.5. The van der Waals surface area contributed by atoms with Crippen molar-refractivity contribution in [1.29, 1.82) is 0 Å². The van der Waals surface area contributed by atoms with Crippen LogP contribution in [0.25, 0.3) is 0 Å². The zero-order chi connectivity index (χ0) is 20.9. The molecule has 0 bridgehead atoms. The molecular formula is C22H22ClNO4S. The monoisotopic (exact) mass is 431 g/mol. The Morgan fingerprint density at radius 2 is 1.72 bits per heavy atom. The lowest BCUT2D eigenvalue weighted by Crippen LogP contribution is -2.32. The van der Waals surface area contributed by atoms with Crippen LogP contribution in [0.1, 0.15) is 35.2 Å².